The molecule has 0 spiro atoms. The zero-order valence-corrected chi connectivity index (χ0v) is 12.3. The van der Waals surface area contributed by atoms with Gasteiger partial charge in [0.05, 0.1) is 0 Å². The van der Waals surface area contributed by atoms with Crippen molar-refractivity contribution in [1.82, 2.24) is 0 Å². The number of Topliss-reactive ketones (excluding diaryl/α,β-unsaturated/α-hetero) is 1. The molecule has 0 heterocycles. The van der Waals surface area contributed by atoms with Crippen molar-refractivity contribution in [3.63, 3.8) is 0 Å². The lowest BCUT2D eigenvalue weighted by atomic mass is 10.1. The first-order valence-corrected chi connectivity index (χ1v) is 6.93. The van der Waals surface area contributed by atoms with Crippen LogP contribution in [0, 0.1) is 6.92 Å². The summed E-state index contributed by atoms with van der Waals surface area (Å²) in [5.74, 6) is 0.972. The lowest BCUT2D eigenvalue weighted by Gasteiger charge is -2.13. The Hall–Kier alpha value is -2.09. The van der Waals surface area contributed by atoms with Gasteiger partial charge < -0.3 is 4.74 Å². The van der Waals surface area contributed by atoms with E-state index in [9.17, 15) is 4.79 Å². The van der Waals surface area contributed by atoms with Crippen molar-refractivity contribution in [2.75, 3.05) is 0 Å². The maximum atomic E-state index is 11.6. The van der Waals surface area contributed by atoms with E-state index in [0.717, 1.165) is 23.3 Å². The number of hydrogen-bond acceptors (Lipinski definition) is 2. The van der Waals surface area contributed by atoms with Gasteiger partial charge >= 0.3 is 0 Å². The molecule has 104 valence electrons. The molecule has 20 heavy (non-hydrogen) atoms. The molecule has 2 rings (SSSR count). The highest BCUT2D eigenvalue weighted by Gasteiger charge is 2.08. The third kappa shape index (κ3) is 3.27. The zero-order valence-electron chi connectivity index (χ0n) is 12.3. The Bertz CT molecular complexity index is 615. The van der Waals surface area contributed by atoms with Gasteiger partial charge in [-0.05, 0) is 31.9 Å². The topological polar surface area (TPSA) is 26.3 Å². The lowest BCUT2D eigenvalue weighted by Crippen LogP contribution is -2.04. The van der Waals surface area contributed by atoms with Gasteiger partial charge in [0.15, 0.2) is 5.78 Å². The molecule has 2 nitrogen and oxygen atoms in total. The molecule has 0 atom stereocenters. The molecule has 2 aromatic carbocycles. The van der Waals surface area contributed by atoms with E-state index >= 15 is 0 Å². The van der Waals surface area contributed by atoms with Crippen LogP contribution in [0.5, 0.6) is 5.75 Å². The van der Waals surface area contributed by atoms with E-state index in [1.807, 2.05) is 36.4 Å². The Labute approximate surface area is 120 Å². The van der Waals surface area contributed by atoms with E-state index in [0.29, 0.717) is 6.61 Å². The Balaban J connectivity index is 2.19. The Morgan fingerprint density at radius 2 is 1.85 bits per heavy atom. The van der Waals surface area contributed by atoms with Gasteiger partial charge in [0.25, 0.3) is 0 Å². The monoisotopic (exact) mass is 268 g/mol. The van der Waals surface area contributed by atoms with Gasteiger partial charge in [-0.3, -0.25) is 4.79 Å². The fourth-order valence-corrected chi connectivity index (χ4v) is 2.27. The number of carbonyl (C=O) groups is 1. The molecular weight excluding hydrogens is 248 g/mol. The van der Waals surface area contributed by atoms with Gasteiger partial charge in [-0.25, -0.2) is 0 Å². The van der Waals surface area contributed by atoms with Crippen molar-refractivity contribution < 1.29 is 9.53 Å². The van der Waals surface area contributed by atoms with Crippen LogP contribution in [0.25, 0.3) is 0 Å². The van der Waals surface area contributed by atoms with Crippen LogP contribution in [-0.4, -0.2) is 5.78 Å². The van der Waals surface area contributed by atoms with Crippen LogP contribution < -0.4 is 4.74 Å². The number of hydrogen-bond donors (Lipinski definition) is 0. The summed E-state index contributed by atoms with van der Waals surface area (Å²) >= 11 is 0. The van der Waals surface area contributed by atoms with Crippen LogP contribution in [0.1, 0.15) is 40.9 Å². The van der Waals surface area contributed by atoms with E-state index < -0.39 is 0 Å². The predicted octanol–water partition coefficient (Wildman–Crippen LogP) is 4.34. The highest BCUT2D eigenvalue weighted by atomic mass is 16.5. The van der Waals surface area contributed by atoms with Crippen LogP contribution >= 0.6 is 0 Å². The van der Waals surface area contributed by atoms with E-state index in [-0.39, 0.29) is 5.78 Å². The standard InChI is InChI=1S/C18H20O2/c1-4-15-11-13(2)9-10-18(15)20-12-16-7-5-6-8-17(16)14(3)19/h5-11H,4,12H2,1-3H3. The minimum atomic E-state index is 0.0730. The summed E-state index contributed by atoms with van der Waals surface area (Å²) in [5.41, 5.74) is 4.10. The first-order chi connectivity index (χ1) is 9.61. The second kappa shape index (κ2) is 6.38. The highest BCUT2D eigenvalue weighted by molar-refractivity contribution is 5.95. The molecule has 0 amide bonds. The third-order valence-electron chi connectivity index (χ3n) is 3.38. The molecule has 0 aliphatic heterocycles. The summed E-state index contributed by atoms with van der Waals surface area (Å²) in [5, 5.41) is 0. The van der Waals surface area contributed by atoms with Crippen molar-refractivity contribution in [1.29, 1.82) is 0 Å². The molecule has 0 aromatic heterocycles. The second-order valence-corrected chi connectivity index (χ2v) is 4.97. The predicted molar refractivity (Wildman–Crippen MR) is 81.3 cm³/mol. The summed E-state index contributed by atoms with van der Waals surface area (Å²) in [4.78, 5) is 11.6. The fourth-order valence-electron chi connectivity index (χ4n) is 2.27. The minimum absolute atomic E-state index is 0.0730. The van der Waals surface area contributed by atoms with Crippen molar-refractivity contribution in [3.8, 4) is 5.75 Å². The smallest absolute Gasteiger partial charge is 0.160 e. The molecular formula is C18H20O2. The van der Waals surface area contributed by atoms with Crippen LogP contribution in [0.15, 0.2) is 42.5 Å². The van der Waals surface area contributed by atoms with Gasteiger partial charge in [0, 0.05) is 11.1 Å². The van der Waals surface area contributed by atoms with Crippen molar-refractivity contribution >= 4 is 5.78 Å². The molecule has 2 heteroatoms. The van der Waals surface area contributed by atoms with Gasteiger partial charge in [0.2, 0.25) is 0 Å². The first kappa shape index (κ1) is 14.3. The van der Waals surface area contributed by atoms with E-state index in [4.69, 9.17) is 4.74 Å². The molecule has 0 unspecified atom stereocenters. The number of carbonyl (C=O) groups excluding carboxylic acids is 1. The molecule has 0 aliphatic carbocycles. The van der Waals surface area contributed by atoms with E-state index in [1.54, 1.807) is 6.92 Å². The maximum absolute atomic E-state index is 11.6. The van der Waals surface area contributed by atoms with Gasteiger partial charge in [-0.1, -0.05) is 48.9 Å². The summed E-state index contributed by atoms with van der Waals surface area (Å²) in [6, 6.07) is 13.8. The summed E-state index contributed by atoms with van der Waals surface area (Å²) in [6.07, 6.45) is 0.936. The molecule has 0 N–H and O–H groups in total. The third-order valence-corrected chi connectivity index (χ3v) is 3.38. The lowest BCUT2D eigenvalue weighted by molar-refractivity contribution is 0.101. The zero-order chi connectivity index (χ0) is 14.5. The van der Waals surface area contributed by atoms with Gasteiger partial charge in [-0.2, -0.15) is 0 Å². The van der Waals surface area contributed by atoms with Crippen LogP contribution in [0.2, 0.25) is 0 Å². The quantitative estimate of drug-likeness (QED) is 0.754. The largest absolute Gasteiger partial charge is 0.489 e. The minimum Gasteiger partial charge on any atom is -0.489 e. The fraction of sp³-hybridized carbons (Fsp3) is 0.278. The van der Waals surface area contributed by atoms with Crippen molar-refractivity contribution in [2.45, 2.75) is 33.8 Å². The summed E-state index contributed by atoms with van der Waals surface area (Å²) in [6.45, 7) is 6.20. The Kier molecular flexibility index (Phi) is 4.57. The molecule has 0 aliphatic rings. The molecule has 0 bridgehead atoms. The average molecular weight is 268 g/mol. The van der Waals surface area contributed by atoms with Gasteiger partial charge in [0.1, 0.15) is 12.4 Å². The Morgan fingerprint density at radius 1 is 1.10 bits per heavy atom. The normalized spacial score (nSPS) is 10.3. The molecule has 0 saturated carbocycles. The number of rotatable bonds is 5. The Morgan fingerprint density at radius 3 is 2.55 bits per heavy atom. The average Bonchev–Trinajstić information content (AvgIpc) is 2.46. The number of aryl methyl sites for hydroxylation is 2. The van der Waals surface area contributed by atoms with Crippen molar-refractivity contribution in [2.24, 2.45) is 0 Å². The maximum Gasteiger partial charge on any atom is 0.160 e. The second-order valence-electron chi connectivity index (χ2n) is 4.97. The molecule has 0 radical (unpaired) electrons. The van der Waals surface area contributed by atoms with Gasteiger partial charge in [-0.15, -0.1) is 0 Å². The summed E-state index contributed by atoms with van der Waals surface area (Å²) < 4.78 is 5.91. The first-order valence-electron chi connectivity index (χ1n) is 6.93. The van der Waals surface area contributed by atoms with E-state index in [1.165, 1.54) is 11.1 Å². The van der Waals surface area contributed by atoms with Crippen molar-refractivity contribution in [3.05, 3.63) is 64.7 Å². The number of ether oxygens (including phenoxy) is 1. The highest BCUT2D eigenvalue weighted by Crippen LogP contribution is 2.22. The molecule has 0 saturated heterocycles. The van der Waals surface area contributed by atoms with E-state index in [2.05, 4.69) is 19.9 Å². The molecule has 2 aromatic rings. The van der Waals surface area contributed by atoms with Crippen LogP contribution in [0.4, 0.5) is 0 Å². The number of benzene rings is 2. The van der Waals surface area contributed by atoms with Crippen LogP contribution in [0.3, 0.4) is 0 Å². The summed E-state index contributed by atoms with van der Waals surface area (Å²) in [7, 11) is 0. The number of ketones is 1. The van der Waals surface area contributed by atoms with Crippen LogP contribution in [-0.2, 0) is 13.0 Å². The SMILES string of the molecule is CCc1cc(C)ccc1OCc1ccccc1C(C)=O. The molecule has 0 fully saturated rings.